The molecule has 2 aromatic carbocycles. The molecule has 2 rings (SSSR count). The van der Waals surface area contributed by atoms with E-state index in [9.17, 15) is 21.6 Å². The Kier molecular flexibility index (Phi) is 4.23. The van der Waals surface area contributed by atoms with Crippen LogP contribution in [0.15, 0.2) is 41.3 Å². The molecule has 0 aromatic heterocycles. The molecule has 0 saturated carbocycles. The molecule has 0 bridgehead atoms. The summed E-state index contributed by atoms with van der Waals surface area (Å²) in [6.07, 6.45) is 0. The van der Waals surface area contributed by atoms with E-state index < -0.39 is 33.2 Å². The maximum atomic E-state index is 13.7. The van der Waals surface area contributed by atoms with Crippen LogP contribution < -0.4 is 4.72 Å². The number of hydrogen-bond acceptors (Lipinski definition) is 2. The molecule has 2 aromatic rings. The predicted octanol–water partition coefficient (Wildman–Crippen LogP) is 3.51. The van der Waals surface area contributed by atoms with Crippen molar-refractivity contribution in [2.75, 3.05) is 4.72 Å². The van der Waals surface area contributed by atoms with Crippen molar-refractivity contribution in [3.8, 4) is 0 Å². The molecule has 0 aliphatic heterocycles. The van der Waals surface area contributed by atoms with E-state index in [-0.39, 0.29) is 8.47 Å². The van der Waals surface area contributed by atoms with Gasteiger partial charge in [-0.1, -0.05) is 6.07 Å². The van der Waals surface area contributed by atoms with Crippen LogP contribution >= 0.6 is 22.6 Å². The fourth-order valence-corrected chi connectivity index (χ4v) is 3.00. The molecule has 0 saturated heterocycles. The Labute approximate surface area is 127 Å². The van der Waals surface area contributed by atoms with Crippen molar-refractivity contribution in [3.63, 3.8) is 0 Å². The summed E-state index contributed by atoms with van der Waals surface area (Å²) in [5.41, 5.74) is -0.403. The third kappa shape index (κ3) is 3.06. The van der Waals surface area contributed by atoms with Gasteiger partial charge in [-0.15, -0.1) is 0 Å². The summed E-state index contributed by atoms with van der Waals surface area (Å²) in [4.78, 5) is -0.351. The summed E-state index contributed by atoms with van der Waals surface area (Å²) in [6.45, 7) is 0. The maximum absolute atomic E-state index is 13.7. The van der Waals surface area contributed by atoms with Crippen molar-refractivity contribution in [3.05, 3.63) is 57.4 Å². The van der Waals surface area contributed by atoms with E-state index in [0.29, 0.717) is 0 Å². The van der Waals surface area contributed by atoms with Gasteiger partial charge in [0, 0.05) is 0 Å². The van der Waals surface area contributed by atoms with Crippen molar-refractivity contribution in [2.24, 2.45) is 0 Å². The zero-order valence-electron chi connectivity index (χ0n) is 9.70. The average molecular weight is 413 g/mol. The largest absolute Gasteiger partial charge is 0.277 e. The first-order chi connectivity index (χ1) is 9.31. The summed E-state index contributed by atoms with van der Waals surface area (Å²) >= 11 is 1.42. The molecule has 0 aliphatic carbocycles. The van der Waals surface area contributed by atoms with Crippen LogP contribution in [0.4, 0.5) is 18.9 Å². The van der Waals surface area contributed by atoms with Gasteiger partial charge in [0.25, 0.3) is 10.0 Å². The average Bonchev–Trinajstić information content (AvgIpc) is 2.39. The molecule has 0 unspecified atom stereocenters. The van der Waals surface area contributed by atoms with Crippen LogP contribution in [0.25, 0.3) is 0 Å². The highest BCUT2D eigenvalue weighted by molar-refractivity contribution is 14.1. The van der Waals surface area contributed by atoms with E-state index in [1.165, 1.54) is 28.7 Å². The molecule has 8 heteroatoms. The second-order valence-electron chi connectivity index (χ2n) is 3.79. The first-order valence-electron chi connectivity index (χ1n) is 5.23. The SMILES string of the molecule is O=S(=O)(Nc1ccc(F)c(I)c1F)c1cccc(F)c1. The zero-order valence-corrected chi connectivity index (χ0v) is 12.7. The van der Waals surface area contributed by atoms with Crippen molar-refractivity contribution < 1.29 is 21.6 Å². The normalized spacial score (nSPS) is 11.4. The number of rotatable bonds is 3. The van der Waals surface area contributed by atoms with Gasteiger partial charge < -0.3 is 0 Å². The topological polar surface area (TPSA) is 46.2 Å². The van der Waals surface area contributed by atoms with E-state index >= 15 is 0 Å². The molecule has 3 nitrogen and oxygen atoms in total. The summed E-state index contributed by atoms with van der Waals surface area (Å²) in [6, 6.07) is 6.17. The monoisotopic (exact) mass is 413 g/mol. The third-order valence-electron chi connectivity index (χ3n) is 2.39. The minimum Gasteiger partial charge on any atom is -0.277 e. The number of benzene rings is 2. The molecule has 0 radical (unpaired) electrons. The fourth-order valence-electron chi connectivity index (χ4n) is 1.44. The Morgan fingerprint density at radius 1 is 1.05 bits per heavy atom. The van der Waals surface area contributed by atoms with E-state index in [1.807, 2.05) is 4.72 Å². The molecular formula is C12H7F3INO2S. The van der Waals surface area contributed by atoms with Gasteiger partial charge in [0.15, 0.2) is 5.82 Å². The molecule has 0 fully saturated rings. The predicted molar refractivity (Wildman–Crippen MR) is 76.3 cm³/mol. The second kappa shape index (κ2) is 5.60. The van der Waals surface area contributed by atoms with Crippen LogP contribution in [-0.2, 0) is 10.0 Å². The van der Waals surface area contributed by atoms with Crippen molar-refractivity contribution >= 4 is 38.3 Å². The third-order valence-corrected chi connectivity index (χ3v) is 4.74. The van der Waals surface area contributed by atoms with Gasteiger partial charge in [0.2, 0.25) is 0 Å². The highest BCUT2D eigenvalue weighted by atomic mass is 127. The number of anilines is 1. The minimum atomic E-state index is -4.14. The van der Waals surface area contributed by atoms with Gasteiger partial charge in [0.1, 0.15) is 11.6 Å². The second-order valence-corrected chi connectivity index (χ2v) is 6.55. The smallest absolute Gasteiger partial charge is 0.262 e. The first kappa shape index (κ1) is 15.1. The molecule has 0 amide bonds. The molecule has 1 N–H and O–H groups in total. The first-order valence-corrected chi connectivity index (χ1v) is 7.79. The Morgan fingerprint density at radius 3 is 2.40 bits per heavy atom. The standard InChI is InChI=1S/C12H7F3INO2S/c13-7-2-1-3-8(6-7)20(18,19)17-10-5-4-9(14)12(16)11(10)15/h1-6,17H. The van der Waals surface area contributed by atoms with Crippen molar-refractivity contribution in [2.45, 2.75) is 4.90 Å². The van der Waals surface area contributed by atoms with E-state index in [0.717, 1.165) is 30.3 Å². The zero-order chi connectivity index (χ0) is 14.9. The fraction of sp³-hybridized carbons (Fsp3) is 0. The molecule has 0 aliphatic rings. The molecular weight excluding hydrogens is 406 g/mol. The van der Waals surface area contributed by atoms with Gasteiger partial charge in [0.05, 0.1) is 14.2 Å². The van der Waals surface area contributed by atoms with Gasteiger partial charge >= 0.3 is 0 Å². The molecule has 0 atom stereocenters. The van der Waals surface area contributed by atoms with Gasteiger partial charge in [-0.05, 0) is 52.9 Å². The van der Waals surface area contributed by atoms with Crippen LogP contribution in [0.3, 0.4) is 0 Å². The summed E-state index contributed by atoms with van der Waals surface area (Å²) in [5.74, 6) is -2.55. The Morgan fingerprint density at radius 2 is 1.75 bits per heavy atom. The van der Waals surface area contributed by atoms with Gasteiger partial charge in [-0.3, -0.25) is 4.72 Å². The van der Waals surface area contributed by atoms with Gasteiger partial charge in [-0.25, -0.2) is 21.6 Å². The lowest BCUT2D eigenvalue weighted by Crippen LogP contribution is -2.14. The summed E-state index contributed by atoms with van der Waals surface area (Å²) in [7, 11) is -4.14. The number of sulfonamides is 1. The lowest BCUT2D eigenvalue weighted by atomic mass is 10.3. The van der Waals surface area contributed by atoms with Crippen LogP contribution in [0, 0.1) is 21.0 Å². The molecule has 106 valence electrons. The molecule has 0 spiro atoms. The number of nitrogens with one attached hydrogen (secondary N) is 1. The lowest BCUT2D eigenvalue weighted by molar-refractivity contribution is 0.571. The van der Waals surface area contributed by atoms with E-state index in [4.69, 9.17) is 0 Å². The number of hydrogen-bond donors (Lipinski definition) is 1. The van der Waals surface area contributed by atoms with Crippen LogP contribution in [0.1, 0.15) is 0 Å². The van der Waals surface area contributed by atoms with Crippen molar-refractivity contribution in [1.82, 2.24) is 0 Å². The van der Waals surface area contributed by atoms with Crippen LogP contribution in [0.2, 0.25) is 0 Å². The quantitative estimate of drug-likeness (QED) is 0.619. The van der Waals surface area contributed by atoms with Gasteiger partial charge in [-0.2, -0.15) is 0 Å². The maximum Gasteiger partial charge on any atom is 0.262 e. The van der Waals surface area contributed by atoms with E-state index in [1.54, 1.807) is 0 Å². The summed E-state index contributed by atoms with van der Waals surface area (Å²) < 4.78 is 65.4. The van der Waals surface area contributed by atoms with Crippen LogP contribution in [-0.4, -0.2) is 8.42 Å². The lowest BCUT2D eigenvalue weighted by Gasteiger charge is -2.10. The highest BCUT2D eigenvalue weighted by Gasteiger charge is 2.19. The van der Waals surface area contributed by atoms with E-state index in [2.05, 4.69) is 0 Å². The molecule has 20 heavy (non-hydrogen) atoms. The highest BCUT2D eigenvalue weighted by Crippen LogP contribution is 2.25. The van der Waals surface area contributed by atoms with Crippen molar-refractivity contribution in [1.29, 1.82) is 0 Å². The Balaban J connectivity index is 2.41. The van der Waals surface area contributed by atoms with Crippen LogP contribution in [0.5, 0.6) is 0 Å². The molecule has 0 heterocycles. The Bertz CT molecular complexity index is 765. The number of halogens is 4. The summed E-state index contributed by atoms with van der Waals surface area (Å²) in [5, 5.41) is 0. The minimum absolute atomic E-state index is 0.331. The Hall–Kier alpha value is -1.29.